The number of nitrogens with one attached hydrogen (secondary N) is 6. The summed E-state index contributed by atoms with van der Waals surface area (Å²) in [6.45, 7) is 0. The quantitative estimate of drug-likeness (QED) is 0.0811. The number of carbonyl (C=O) groups is 7. The third-order valence-electron chi connectivity index (χ3n) is 11.8. The summed E-state index contributed by atoms with van der Waals surface area (Å²) in [7, 11) is 0. The fourth-order valence-electron chi connectivity index (χ4n) is 8.07. The van der Waals surface area contributed by atoms with Gasteiger partial charge in [0, 0.05) is 43.0 Å². The van der Waals surface area contributed by atoms with E-state index in [1.165, 1.54) is 11.8 Å². The number of thioether (sulfide) groups is 1. The van der Waals surface area contributed by atoms with Crippen molar-refractivity contribution >= 4 is 58.9 Å². The molecule has 15 heteroatoms. The molecule has 7 N–H and O–H groups in total. The first-order valence-corrected chi connectivity index (χ1v) is 23.6. The molecule has 6 atom stereocenters. The molecule has 0 radical (unpaired) electrons. The van der Waals surface area contributed by atoms with Crippen molar-refractivity contribution in [2.24, 2.45) is 0 Å². The Balaban J connectivity index is 1.22. The maximum Gasteiger partial charge on any atom is 0.326 e. The summed E-state index contributed by atoms with van der Waals surface area (Å²) >= 11 is 1.37. The van der Waals surface area contributed by atoms with Crippen LogP contribution in [0.2, 0.25) is 0 Å². The topological polar surface area (TPSA) is 212 Å². The lowest BCUT2D eigenvalue weighted by atomic mass is 9.98. The van der Waals surface area contributed by atoms with Crippen molar-refractivity contribution in [3.8, 4) is 11.1 Å². The summed E-state index contributed by atoms with van der Waals surface area (Å²) in [5, 5.41) is 28.5. The molecule has 8 rings (SSSR count). The molecule has 6 amide bonds. The van der Waals surface area contributed by atoms with Crippen molar-refractivity contribution in [2.45, 2.75) is 86.8 Å². The van der Waals surface area contributed by atoms with Gasteiger partial charge in [0.05, 0.1) is 0 Å². The van der Waals surface area contributed by atoms with Crippen LogP contribution in [0, 0.1) is 0 Å². The summed E-state index contributed by atoms with van der Waals surface area (Å²) in [5.41, 5.74) is 5.19. The van der Waals surface area contributed by atoms with Crippen molar-refractivity contribution < 1.29 is 38.7 Å². The Hall–Kier alpha value is -7.52. The number of aryl methyl sites for hydroxylation is 1. The number of allylic oxidation sites excluding steroid dienone is 1. The number of anilines is 1. The maximum absolute atomic E-state index is 14.8. The van der Waals surface area contributed by atoms with Crippen molar-refractivity contribution in [3.05, 3.63) is 173 Å². The summed E-state index contributed by atoms with van der Waals surface area (Å²) in [6, 6.07) is 35.8. The Morgan fingerprint density at radius 1 is 0.632 bits per heavy atom. The SMILES string of the molecule is O=C1CCC(=O)NC(C2CC=CS2)C(=O)N[C@@H](Cc2ccc(-c3ccccc3)cc2)C(=O)N[C@H](CCc2ccccc2)C(=O)N[C@H](C(=O)N[C@@H](Cc2ccccc2)C(=O)O)Cc2ccc(cc2)N1. The number of amides is 6. The number of aliphatic carboxylic acids is 1. The van der Waals surface area contributed by atoms with Crippen LogP contribution >= 0.6 is 11.8 Å². The fraction of sp³-hybridized carbons (Fsp3) is 0.264. The number of fused-ring (bicyclic) bond motifs is 18. The normalized spacial score (nSPS) is 20.9. The molecule has 0 aromatic heterocycles. The zero-order chi connectivity index (χ0) is 47.8. The molecule has 3 heterocycles. The van der Waals surface area contributed by atoms with Crippen LogP contribution < -0.4 is 31.9 Å². The lowest BCUT2D eigenvalue weighted by Crippen LogP contribution is -2.60. The van der Waals surface area contributed by atoms with E-state index in [9.17, 15) is 38.7 Å². The number of carboxylic acid groups (broad SMARTS) is 1. The van der Waals surface area contributed by atoms with Crippen LogP contribution in [-0.4, -0.2) is 82.0 Å². The standard InChI is InChI=1S/C53H54N6O8S/c60-46-28-29-47(61)59-48(45-17-10-30-68-45)52(65)57-43(31-36-18-23-39(24-19-36)38-15-8-3-9-16-38)50(63)55-41(27-22-34-11-4-1-5-12-34)49(62)56-42(32-37-20-25-40(54-46)26-21-37)51(64)58-44(53(66)67)33-35-13-6-2-7-14-35/h1-16,18-21,23-26,30,41-45,48H,17,22,27-29,31-33H2,(H,54,60)(H,55,63)(H,56,62)(H,57,65)(H,58,64)(H,59,61)(H,66,67)/t41-,42+,43+,44+,45?,48?/m1/s1. The number of carboxylic acids is 1. The van der Waals surface area contributed by atoms with Gasteiger partial charge in [0.15, 0.2) is 0 Å². The molecule has 5 aromatic rings. The summed E-state index contributed by atoms with van der Waals surface area (Å²) in [6.07, 6.45) is 2.29. The van der Waals surface area contributed by atoms with Gasteiger partial charge < -0.3 is 37.0 Å². The molecule has 350 valence electrons. The van der Waals surface area contributed by atoms with Crippen LogP contribution in [0.25, 0.3) is 11.1 Å². The predicted molar refractivity (Wildman–Crippen MR) is 261 cm³/mol. The van der Waals surface area contributed by atoms with Gasteiger partial charge in [-0.2, -0.15) is 0 Å². The molecule has 0 spiro atoms. The van der Waals surface area contributed by atoms with Crippen molar-refractivity contribution in [2.75, 3.05) is 5.32 Å². The Bertz CT molecular complexity index is 2570. The highest BCUT2D eigenvalue weighted by atomic mass is 32.2. The lowest BCUT2D eigenvalue weighted by molar-refractivity contribution is -0.142. The second-order valence-electron chi connectivity index (χ2n) is 16.8. The maximum atomic E-state index is 14.8. The predicted octanol–water partition coefficient (Wildman–Crippen LogP) is 5.27. The van der Waals surface area contributed by atoms with E-state index < -0.39 is 76.9 Å². The average molecular weight is 935 g/mol. The molecule has 2 bridgehead atoms. The molecular formula is C53H54N6O8S. The van der Waals surface area contributed by atoms with Crippen molar-refractivity contribution in [3.63, 3.8) is 0 Å². The van der Waals surface area contributed by atoms with Gasteiger partial charge in [0.2, 0.25) is 35.4 Å². The number of carbonyl (C=O) groups excluding carboxylic acids is 6. The smallest absolute Gasteiger partial charge is 0.326 e. The third-order valence-corrected chi connectivity index (χ3v) is 13.0. The molecule has 0 saturated carbocycles. The van der Waals surface area contributed by atoms with E-state index in [1.807, 2.05) is 96.4 Å². The molecule has 0 saturated heterocycles. The summed E-state index contributed by atoms with van der Waals surface area (Å²) in [4.78, 5) is 97.0. The summed E-state index contributed by atoms with van der Waals surface area (Å²) < 4.78 is 0. The minimum atomic E-state index is -1.34. The highest BCUT2D eigenvalue weighted by Gasteiger charge is 2.36. The van der Waals surface area contributed by atoms with E-state index >= 15 is 0 Å². The third kappa shape index (κ3) is 14.0. The van der Waals surface area contributed by atoms with Crippen LogP contribution in [0.3, 0.4) is 0 Å². The second-order valence-corrected chi connectivity index (χ2v) is 18.0. The minimum absolute atomic E-state index is 0.00933. The number of hydrogen-bond acceptors (Lipinski definition) is 8. The van der Waals surface area contributed by atoms with Crippen LogP contribution in [-0.2, 0) is 59.2 Å². The number of benzene rings is 5. The van der Waals surface area contributed by atoms with Gasteiger partial charge in [-0.3, -0.25) is 28.8 Å². The molecule has 14 nitrogen and oxygen atoms in total. The first-order chi connectivity index (χ1) is 33.0. The highest BCUT2D eigenvalue weighted by molar-refractivity contribution is 8.03. The Kier molecular flexibility index (Phi) is 16.9. The summed E-state index contributed by atoms with van der Waals surface area (Å²) in [5.74, 6) is -5.03. The molecule has 5 aromatic carbocycles. The first kappa shape index (κ1) is 48.4. The zero-order valence-corrected chi connectivity index (χ0v) is 38.1. The van der Waals surface area contributed by atoms with Crippen molar-refractivity contribution in [1.29, 1.82) is 0 Å². The fourth-order valence-corrected chi connectivity index (χ4v) is 9.07. The lowest BCUT2D eigenvalue weighted by Gasteiger charge is -2.28. The molecule has 0 aliphatic carbocycles. The minimum Gasteiger partial charge on any atom is -0.480 e. The van der Waals surface area contributed by atoms with Gasteiger partial charge in [-0.15, -0.1) is 11.8 Å². The molecule has 0 fully saturated rings. The van der Waals surface area contributed by atoms with Gasteiger partial charge in [0.25, 0.3) is 0 Å². The molecule has 68 heavy (non-hydrogen) atoms. The van der Waals surface area contributed by atoms with Gasteiger partial charge in [0.1, 0.15) is 30.2 Å². The Morgan fingerprint density at radius 2 is 1.24 bits per heavy atom. The second kappa shape index (κ2) is 23.8. The van der Waals surface area contributed by atoms with Gasteiger partial charge in [-0.05, 0) is 70.2 Å². The van der Waals surface area contributed by atoms with E-state index in [2.05, 4.69) is 31.9 Å². The van der Waals surface area contributed by atoms with Gasteiger partial charge >= 0.3 is 5.97 Å². The molecule has 2 unspecified atom stereocenters. The zero-order valence-electron chi connectivity index (χ0n) is 37.3. The van der Waals surface area contributed by atoms with Crippen molar-refractivity contribution in [1.82, 2.24) is 26.6 Å². The van der Waals surface area contributed by atoms with Crippen LogP contribution in [0.5, 0.6) is 0 Å². The number of rotatable bonds is 12. The average Bonchev–Trinajstić information content (AvgIpc) is 3.89. The Morgan fingerprint density at radius 3 is 1.88 bits per heavy atom. The van der Waals surface area contributed by atoms with E-state index in [1.54, 1.807) is 54.6 Å². The molecular weight excluding hydrogens is 881 g/mol. The largest absolute Gasteiger partial charge is 0.480 e. The highest BCUT2D eigenvalue weighted by Crippen LogP contribution is 2.28. The molecule has 3 aliphatic rings. The van der Waals surface area contributed by atoms with E-state index in [-0.39, 0.29) is 38.5 Å². The Labute approximate surface area is 399 Å². The molecule has 3 aliphatic heterocycles. The number of hydrogen-bond donors (Lipinski definition) is 7. The monoisotopic (exact) mass is 934 g/mol. The van der Waals surface area contributed by atoms with Gasteiger partial charge in [-0.25, -0.2) is 4.79 Å². The van der Waals surface area contributed by atoms with E-state index in [4.69, 9.17) is 0 Å². The van der Waals surface area contributed by atoms with E-state index in [0.29, 0.717) is 35.2 Å². The van der Waals surface area contributed by atoms with Gasteiger partial charge in [-0.1, -0.05) is 133 Å². The van der Waals surface area contributed by atoms with Crippen LogP contribution in [0.15, 0.2) is 151 Å². The van der Waals surface area contributed by atoms with E-state index in [0.717, 1.165) is 16.7 Å². The van der Waals surface area contributed by atoms with Crippen LogP contribution in [0.1, 0.15) is 47.9 Å². The van der Waals surface area contributed by atoms with Crippen LogP contribution in [0.4, 0.5) is 5.69 Å². The first-order valence-electron chi connectivity index (χ1n) is 22.6.